The zero-order valence-electron chi connectivity index (χ0n) is 58.4. The monoisotopic (exact) mass is 1190 g/mol. The quantitative estimate of drug-likeness (QED) is 0.141. The smallest absolute Gasteiger partial charge is 0.254 e. The zero-order valence-corrected chi connectivity index (χ0v) is 57.4. The normalized spacial score (nSPS) is 13.7. The highest BCUT2D eigenvalue weighted by Gasteiger charge is 2.46. The summed E-state index contributed by atoms with van der Waals surface area (Å²) in [7, 11) is 2.28. The summed E-state index contributed by atoms with van der Waals surface area (Å²) >= 11 is 0. The van der Waals surface area contributed by atoms with Crippen molar-refractivity contribution in [2.24, 2.45) is 7.05 Å². The maximum atomic E-state index is 10.2. The Morgan fingerprint density at radius 3 is 1.09 bits per heavy atom. The van der Waals surface area contributed by atoms with Gasteiger partial charge in [-0.2, -0.15) is 0 Å². The molecule has 13 rings (SSSR count). The number of aromatic nitrogens is 1. The van der Waals surface area contributed by atoms with Crippen molar-refractivity contribution in [1.29, 1.82) is 0 Å². The number of aryl methyl sites for hydroxylation is 1. The Kier molecular flexibility index (Phi) is 14.3. The van der Waals surface area contributed by atoms with Crippen molar-refractivity contribution in [2.45, 2.75) is 157 Å². The van der Waals surface area contributed by atoms with Crippen LogP contribution < -0.4 is 36.0 Å². The van der Waals surface area contributed by atoms with Gasteiger partial charge in [0, 0.05) is 91.4 Å². The van der Waals surface area contributed by atoms with E-state index in [2.05, 4.69) is 362 Å². The van der Waals surface area contributed by atoms with Crippen molar-refractivity contribution < 1.29 is 1.37 Å². The van der Waals surface area contributed by atoms with Crippen LogP contribution in [0.25, 0.3) is 21.8 Å². The Bertz CT molecular complexity index is 4480. The van der Waals surface area contributed by atoms with Crippen molar-refractivity contribution in [3.05, 3.63) is 246 Å². The average Bonchev–Trinajstić information content (AvgIpc) is 1.16. The summed E-state index contributed by atoms with van der Waals surface area (Å²) in [5, 5.41) is 2.38. The van der Waals surface area contributed by atoms with Crippen LogP contribution in [0.2, 0.25) is 0 Å². The molecule has 10 aromatic carbocycles. The number of anilines is 12. The van der Waals surface area contributed by atoms with E-state index in [1.807, 2.05) is 0 Å². The molecule has 6 heteroatoms. The highest BCUT2D eigenvalue weighted by molar-refractivity contribution is 7.01. The van der Waals surface area contributed by atoms with E-state index in [-0.39, 0.29) is 39.2 Å². The summed E-state index contributed by atoms with van der Waals surface area (Å²) in [6.07, 6.45) is 0. The SMILES string of the molecule is [2H]c1cc2c3c(c1)N(c1ccc(C(C)(C)C)cc1)c1cc(N(c4ccc(C(C)(C)C)cc4)c4ccc(C(C)(C)C)cc4)c4c5ccccc5n(C)c4c1B3c1ccc(N(c3ccc(C(C)(C)C)cc3)c3ccc(C(C)(C)C)cc3)cc1N2c1ccc(C(C)(C)C)cc1. The van der Waals surface area contributed by atoms with E-state index in [1.165, 1.54) is 66.1 Å². The van der Waals surface area contributed by atoms with Gasteiger partial charge in [0.2, 0.25) is 0 Å². The van der Waals surface area contributed by atoms with Gasteiger partial charge >= 0.3 is 0 Å². The van der Waals surface area contributed by atoms with Crippen LogP contribution in [0.1, 0.15) is 159 Å². The van der Waals surface area contributed by atoms with Crippen LogP contribution >= 0.6 is 0 Å². The van der Waals surface area contributed by atoms with Crippen molar-refractivity contribution in [3.8, 4) is 0 Å². The van der Waals surface area contributed by atoms with Crippen LogP contribution in [-0.4, -0.2) is 11.3 Å². The molecule has 460 valence electrons. The third kappa shape index (κ3) is 10.8. The van der Waals surface area contributed by atoms with E-state index < -0.39 is 0 Å². The van der Waals surface area contributed by atoms with Gasteiger partial charge < -0.3 is 24.2 Å². The molecule has 11 aromatic rings. The zero-order chi connectivity index (χ0) is 65.5. The largest absolute Gasteiger partial charge is 0.344 e. The minimum atomic E-state index is -0.273. The summed E-state index contributed by atoms with van der Waals surface area (Å²) in [6.45, 7) is 40.9. The number of para-hydroxylation sites is 1. The van der Waals surface area contributed by atoms with Crippen molar-refractivity contribution >= 4 is 113 Å². The summed E-state index contributed by atoms with van der Waals surface area (Å²) in [5.74, 6) is 0. The summed E-state index contributed by atoms with van der Waals surface area (Å²) in [5.41, 5.74) is 26.1. The first-order valence-electron chi connectivity index (χ1n) is 33.4. The van der Waals surface area contributed by atoms with Gasteiger partial charge in [-0.05, 0) is 191 Å². The molecule has 0 spiro atoms. The summed E-state index contributed by atoms with van der Waals surface area (Å²) in [4.78, 5) is 9.93. The molecule has 0 aliphatic carbocycles. The second-order valence-electron chi connectivity index (χ2n) is 32.1. The third-order valence-corrected chi connectivity index (χ3v) is 19.5. The van der Waals surface area contributed by atoms with Gasteiger partial charge in [0.25, 0.3) is 6.71 Å². The van der Waals surface area contributed by atoms with E-state index in [0.29, 0.717) is 6.04 Å². The molecular formula is C85H92BN5. The van der Waals surface area contributed by atoms with Gasteiger partial charge in [0.15, 0.2) is 0 Å². The molecule has 0 atom stereocenters. The Hall–Kier alpha value is -8.74. The molecule has 0 saturated carbocycles. The number of hydrogen-bond donors (Lipinski definition) is 0. The highest BCUT2D eigenvalue weighted by Crippen LogP contribution is 2.52. The lowest BCUT2D eigenvalue weighted by Gasteiger charge is -2.45. The maximum absolute atomic E-state index is 10.2. The fourth-order valence-corrected chi connectivity index (χ4v) is 14.1. The van der Waals surface area contributed by atoms with Gasteiger partial charge in [-0.3, -0.25) is 0 Å². The van der Waals surface area contributed by atoms with Crippen LogP contribution in [0, 0.1) is 0 Å². The molecule has 2 aliphatic heterocycles. The lowest BCUT2D eigenvalue weighted by molar-refractivity contribution is 0.590. The molecule has 91 heavy (non-hydrogen) atoms. The van der Waals surface area contributed by atoms with E-state index in [1.54, 1.807) is 0 Å². The molecule has 3 heterocycles. The van der Waals surface area contributed by atoms with Gasteiger partial charge in [0.1, 0.15) is 0 Å². The first kappa shape index (κ1) is 59.9. The molecule has 5 nitrogen and oxygen atoms in total. The minimum Gasteiger partial charge on any atom is -0.344 e. The maximum Gasteiger partial charge on any atom is 0.254 e. The number of rotatable bonds is 8. The van der Waals surface area contributed by atoms with Gasteiger partial charge in [-0.25, -0.2) is 0 Å². The van der Waals surface area contributed by atoms with E-state index in [0.717, 1.165) is 73.8 Å². The lowest BCUT2D eigenvalue weighted by Crippen LogP contribution is -2.61. The van der Waals surface area contributed by atoms with Crippen LogP contribution in [-0.2, 0) is 39.5 Å². The van der Waals surface area contributed by atoms with Crippen LogP contribution in [0.4, 0.5) is 68.2 Å². The molecule has 0 amide bonds. The first-order chi connectivity index (χ1) is 43.3. The molecule has 2 aliphatic rings. The number of fused-ring (bicyclic) bond motifs is 8. The number of nitrogens with zero attached hydrogens (tertiary/aromatic N) is 5. The summed E-state index contributed by atoms with van der Waals surface area (Å²) in [6, 6.07) is 78.9. The van der Waals surface area contributed by atoms with Gasteiger partial charge in [0.05, 0.1) is 7.06 Å². The Balaban J connectivity index is 1.16. The molecule has 0 saturated heterocycles. The van der Waals surface area contributed by atoms with E-state index >= 15 is 0 Å². The Morgan fingerprint density at radius 2 is 0.692 bits per heavy atom. The van der Waals surface area contributed by atoms with Crippen LogP contribution in [0.5, 0.6) is 0 Å². The standard InChI is InChI=1S/C85H92BN5/c1-80(2,3)55-27-39-61(40-28-55)88(62-41-29-56(30-42-62)81(4,5)6)67-51-52-69-73(53-67)90(65-47-35-59(36-48-65)84(13,14)15)71-25-22-26-72-77(71)86(69)78-75(91(72)66-49-37-60(38-50-66)85(16,17)18)54-74(76-68-23-20-21-24-70(68)87(19)79(76)78)89(63-43-31-57(32-44-63)82(7,8)9)64-45-33-58(34-46-64)83(10,11)12/h20-54H,1-19H3/i22D. The topological polar surface area (TPSA) is 17.9 Å². The molecule has 0 unspecified atom stereocenters. The molecule has 0 N–H and O–H groups in total. The summed E-state index contributed by atoms with van der Waals surface area (Å²) < 4.78 is 12.6. The van der Waals surface area contributed by atoms with Crippen LogP contribution in [0.3, 0.4) is 0 Å². The number of benzene rings is 10. The predicted octanol–water partition coefficient (Wildman–Crippen LogP) is 22.1. The second kappa shape index (κ2) is 21.7. The number of hydrogen-bond acceptors (Lipinski definition) is 4. The van der Waals surface area contributed by atoms with Crippen molar-refractivity contribution in [3.63, 3.8) is 0 Å². The van der Waals surface area contributed by atoms with E-state index in [9.17, 15) is 1.37 Å². The van der Waals surface area contributed by atoms with Crippen LogP contribution in [0.15, 0.2) is 212 Å². The molecule has 0 bridgehead atoms. The molecular weight excluding hydrogens is 1100 g/mol. The van der Waals surface area contributed by atoms with Gasteiger partial charge in [-0.1, -0.05) is 228 Å². The molecule has 0 fully saturated rings. The fourth-order valence-electron chi connectivity index (χ4n) is 14.1. The van der Waals surface area contributed by atoms with Gasteiger partial charge in [-0.15, -0.1) is 0 Å². The van der Waals surface area contributed by atoms with E-state index in [4.69, 9.17) is 0 Å². The predicted molar refractivity (Wildman–Crippen MR) is 396 cm³/mol. The Morgan fingerprint density at radius 1 is 0.341 bits per heavy atom. The molecule has 1 aromatic heterocycles. The second-order valence-corrected chi connectivity index (χ2v) is 32.1. The molecule has 0 radical (unpaired) electrons. The highest BCUT2D eigenvalue weighted by atomic mass is 15.2. The fraction of sp³-hybridized carbons (Fsp3) is 0.294. The average molecular weight is 1200 g/mol. The third-order valence-electron chi connectivity index (χ3n) is 19.5. The van der Waals surface area contributed by atoms with Crippen molar-refractivity contribution in [2.75, 3.05) is 19.6 Å². The van der Waals surface area contributed by atoms with Crippen molar-refractivity contribution in [1.82, 2.24) is 4.57 Å². The minimum absolute atomic E-state index is 0.0126. The Labute approximate surface area is 545 Å². The first-order valence-corrected chi connectivity index (χ1v) is 32.9. The lowest BCUT2D eigenvalue weighted by atomic mass is 9.33.